The Morgan fingerprint density at radius 3 is 2.45 bits per heavy atom. The second kappa shape index (κ2) is 6.01. The third-order valence-corrected chi connectivity index (χ3v) is 4.55. The smallest absolute Gasteiger partial charge is 0.225 e. The average molecular weight is 362 g/mol. The molecule has 0 radical (unpaired) electrons. The van der Waals surface area contributed by atoms with Crippen molar-refractivity contribution in [2.75, 3.05) is 14.2 Å². The van der Waals surface area contributed by atoms with Crippen LogP contribution in [0.1, 0.15) is 22.7 Å². The molecule has 0 bridgehead atoms. The molecule has 0 saturated heterocycles. The largest absolute Gasteiger partial charge is 0.493 e. The molecule has 0 aromatic heterocycles. The zero-order valence-electron chi connectivity index (χ0n) is 12.4. The van der Waals surface area contributed by atoms with E-state index in [1.807, 2.05) is 36.4 Å². The molecule has 1 atom stereocenters. The van der Waals surface area contributed by atoms with Crippen LogP contribution < -0.4 is 14.8 Å². The van der Waals surface area contributed by atoms with Gasteiger partial charge in [-0.2, -0.15) is 0 Å². The van der Waals surface area contributed by atoms with Gasteiger partial charge in [-0.25, -0.2) is 0 Å². The monoisotopic (exact) mass is 361 g/mol. The van der Waals surface area contributed by atoms with Crippen molar-refractivity contribution in [3.63, 3.8) is 0 Å². The molecule has 0 unspecified atom stereocenters. The Balaban J connectivity index is 2.16. The van der Waals surface area contributed by atoms with Crippen LogP contribution in [0.15, 0.2) is 40.9 Å². The summed E-state index contributed by atoms with van der Waals surface area (Å²) in [5.41, 5.74) is 3.01. The van der Waals surface area contributed by atoms with Crippen molar-refractivity contribution in [2.45, 2.75) is 12.5 Å². The number of amides is 1. The Bertz CT molecular complexity index is 730. The van der Waals surface area contributed by atoms with Crippen molar-refractivity contribution in [1.29, 1.82) is 0 Å². The van der Waals surface area contributed by atoms with Gasteiger partial charge in [0.05, 0.1) is 26.7 Å². The first-order valence-corrected chi connectivity index (χ1v) is 7.72. The van der Waals surface area contributed by atoms with Crippen molar-refractivity contribution >= 4 is 21.8 Å². The van der Waals surface area contributed by atoms with E-state index in [1.54, 1.807) is 14.2 Å². The third-order valence-electron chi connectivity index (χ3n) is 3.83. The first kappa shape index (κ1) is 14.9. The van der Waals surface area contributed by atoms with Crippen LogP contribution in [0.5, 0.6) is 11.5 Å². The van der Waals surface area contributed by atoms with E-state index in [9.17, 15) is 4.79 Å². The van der Waals surface area contributed by atoms with Crippen LogP contribution in [0, 0.1) is 0 Å². The topological polar surface area (TPSA) is 47.6 Å². The van der Waals surface area contributed by atoms with E-state index in [4.69, 9.17) is 9.47 Å². The maximum atomic E-state index is 12.1. The van der Waals surface area contributed by atoms with Crippen LogP contribution in [0.4, 0.5) is 0 Å². The molecule has 3 rings (SSSR count). The van der Waals surface area contributed by atoms with E-state index in [1.165, 1.54) is 0 Å². The molecule has 0 saturated carbocycles. The van der Waals surface area contributed by atoms with Gasteiger partial charge in [-0.15, -0.1) is 0 Å². The van der Waals surface area contributed by atoms with Gasteiger partial charge in [0.1, 0.15) is 0 Å². The molecule has 114 valence electrons. The highest BCUT2D eigenvalue weighted by molar-refractivity contribution is 9.10. The normalized spacial score (nSPS) is 16.7. The first-order chi connectivity index (χ1) is 10.6. The summed E-state index contributed by atoms with van der Waals surface area (Å²) in [4.78, 5) is 12.1. The lowest BCUT2D eigenvalue weighted by atomic mass is 9.89. The van der Waals surface area contributed by atoms with E-state index in [-0.39, 0.29) is 11.9 Å². The molecule has 22 heavy (non-hydrogen) atoms. The van der Waals surface area contributed by atoms with Gasteiger partial charge in [-0.1, -0.05) is 34.1 Å². The van der Waals surface area contributed by atoms with Gasteiger partial charge < -0.3 is 14.8 Å². The van der Waals surface area contributed by atoms with Crippen molar-refractivity contribution in [1.82, 2.24) is 5.32 Å². The molecule has 4 nitrogen and oxygen atoms in total. The number of carbonyl (C=O) groups excluding carboxylic acids is 1. The number of methoxy groups -OCH3 is 2. The molecular weight excluding hydrogens is 346 g/mol. The summed E-state index contributed by atoms with van der Waals surface area (Å²) < 4.78 is 11.7. The standard InChI is InChI=1S/C17H16BrNO3/c1-21-14-7-10-8-16(20)19-17(12(10)9-15(14)22-2)11-5-3-4-6-13(11)18/h3-7,9,17H,8H2,1-2H3,(H,19,20)/t17-/m1/s1. The predicted molar refractivity (Wildman–Crippen MR) is 87.4 cm³/mol. The second-order valence-electron chi connectivity index (χ2n) is 5.10. The first-order valence-electron chi connectivity index (χ1n) is 6.92. The molecule has 1 amide bonds. The van der Waals surface area contributed by atoms with Crippen LogP contribution in [0.2, 0.25) is 0 Å². The number of hydrogen-bond acceptors (Lipinski definition) is 3. The van der Waals surface area contributed by atoms with Gasteiger partial charge in [-0.05, 0) is 34.9 Å². The molecular formula is C17H16BrNO3. The van der Waals surface area contributed by atoms with E-state index in [2.05, 4.69) is 21.2 Å². The van der Waals surface area contributed by atoms with Crippen LogP contribution in [0.3, 0.4) is 0 Å². The van der Waals surface area contributed by atoms with Crippen molar-refractivity contribution in [3.05, 3.63) is 57.6 Å². The number of halogens is 1. The molecule has 1 aliphatic rings. The van der Waals surface area contributed by atoms with E-state index < -0.39 is 0 Å². The fourth-order valence-electron chi connectivity index (χ4n) is 2.78. The number of hydrogen-bond donors (Lipinski definition) is 1. The van der Waals surface area contributed by atoms with Crippen LogP contribution >= 0.6 is 15.9 Å². The zero-order chi connectivity index (χ0) is 15.7. The minimum atomic E-state index is -0.202. The predicted octanol–water partition coefficient (Wildman–Crippen LogP) is 3.23. The molecule has 5 heteroatoms. The lowest BCUT2D eigenvalue weighted by molar-refractivity contribution is -0.121. The number of nitrogens with one attached hydrogen (secondary N) is 1. The highest BCUT2D eigenvalue weighted by Gasteiger charge is 2.28. The Labute approximate surface area is 137 Å². The van der Waals surface area contributed by atoms with E-state index >= 15 is 0 Å². The summed E-state index contributed by atoms with van der Waals surface area (Å²) in [5.74, 6) is 1.30. The number of fused-ring (bicyclic) bond motifs is 1. The van der Waals surface area contributed by atoms with Gasteiger partial charge >= 0.3 is 0 Å². The van der Waals surface area contributed by atoms with E-state index in [0.717, 1.165) is 21.2 Å². The number of benzene rings is 2. The number of carbonyl (C=O) groups is 1. The maximum absolute atomic E-state index is 12.1. The zero-order valence-corrected chi connectivity index (χ0v) is 13.9. The molecule has 2 aromatic carbocycles. The summed E-state index contributed by atoms with van der Waals surface area (Å²) in [6.45, 7) is 0. The molecule has 1 N–H and O–H groups in total. The molecule has 0 spiro atoms. The van der Waals surface area contributed by atoms with Gasteiger partial charge in [0.15, 0.2) is 11.5 Å². The van der Waals surface area contributed by atoms with Crippen LogP contribution in [-0.4, -0.2) is 20.1 Å². The fourth-order valence-corrected chi connectivity index (χ4v) is 3.29. The Morgan fingerprint density at radius 1 is 1.09 bits per heavy atom. The van der Waals surface area contributed by atoms with Crippen molar-refractivity contribution in [3.8, 4) is 11.5 Å². The van der Waals surface area contributed by atoms with Crippen molar-refractivity contribution < 1.29 is 14.3 Å². The maximum Gasteiger partial charge on any atom is 0.225 e. The molecule has 0 fully saturated rings. The Hall–Kier alpha value is -2.01. The highest BCUT2D eigenvalue weighted by atomic mass is 79.9. The summed E-state index contributed by atoms with van der Waals surface area (Å²) in [6, 6.07) is 11.5. The minimum absolute atomic E-state index is 0.000438. The molecule has 1 heterocycles. The minimum Gasteiger partial charge on any atom is -0.493 e. The Kier molecular flexibility index (Phi) is 4.07. The highest BCUT2D eigenvalue weighted by Crippen LogP contribution is 2.39. The Morgan fingerprint density at radius 2 is 1.77 bits per heavy atom. The SMILES string of the molecule is COc1cc2c(cc1OC)[C@@H](c1ccccc1Br)NC(=O)C2. The van der Waals surface area contributed by atoms with E-state index in [0.29, 0.717) is 17.9 Å². The molecule has 0 aliphatic carbocycles. The lowest BCUT2D eigenvalue weighted by Gasteiger charge is -2.28. The van der Waals surface area contributed by atoms with Gasteiger partial charge in [0, 0.05) is 4.47 Å². The van der Waals surface area contributed by atoms with Gasteiger partial charge in [-0.3, -0.25) is 4.79 Å². The quantitative estimate of drug-likeness (QED) is 0.912. The summed E-state index contributed by atoms with van der Waals surface area (Å²) >= 11 is 3.56. The van der Waals surface area contributed by atoms with Gasteiger partial charge in [0.2, 0.25) is 5.91 Å². The van der Waals surface area contributed by atoms with Crippen molar-refractivity contribution in [2.24, 2.45) is 0 Å². The second-order valence-corrected chi connectivity index (χ2v) is 5.96. The molecule has 2 aromatic rings. The fraction of sp³-hybridized carbons (Fsp3) is 0.235. The summed E-state index contributed by atoms with van der Waals surface area (Å²) in [5, 5.41) is 3.05. The lowest BCUT2D eigenvalue weighted by Crippen LogP contribution is -2.36. The number of ether oxygens (including phenoxy) is 2. The average Bonchev–Trinajstić information content (AvgIpc) is 2.53. The number of rotatable bonds is 3. The van der Waals surface area contributed by atoms with Crippen LogP contribution in [0.25, 0.3) is 0 Å². The molecule has 1 aliphatic heterocycles. The third kappa shape index (κ3) is 2.57. The summed E-state index contributed by atoms with van der Waals surface area (Å²) in [7, 11) is 3.21. The van der Waals surface area contributed by atoms with Gasteiger partial charge in [0.25, 0.3) is 0 Å². The summed E-state index contributed by atoms with van der Waals surface area (Å²) in [6.07, 6.45) is 0.344. The van der Waals surface area contributed by atoms with Crippen LogP contribution in [-0.2, 0) is 11.2 Å².